The lowest BCUT2D eigenvalue weighted by Crippen LogP contribution is -2.65. The monoisotopic (exact) mass is 1010 g/mol. The number of rotatable bonds is 42. The predicted molar refractivity (Wildman–Crippen MR) is 281 cm³/mol. The fourth-order valence-corrected chi connectivity index (χ4v) is 8.65. The second-order valence-electron chi connectivity index (χ2n) is 19.3. The van der Waals surface area contributed by atoms with Crippen LogP contribution in [0.3, 0.4) is 0 Å². The Morgan fingerprint density at radius 1 is 0.521 bits per heavy atom. The van der Waals surface area contributed by atoms with Crippen molar-refractivity contribution in [3.63, 3.8) is 0 Å². The molecule has 14 nitrogen and oxygen atoms in total. The number of aliphatic hydroxyl groups is 8. The first-order chi connectivity index (χ1) is 34.6. The summed E-state index contributed by atoms with van der Waals surface area (Å²) in [5.41, 5.74) is 0. The highest BCUT2D eigenvalue weighted by molar-refractivity contribution is 5.76. The van der Waals surface area contributed by atoms with E-state index in [1.807, 2.05) is 6.08 Å². The summed E-state index contributed by atoms with van der Waals surface area (Å²) in [6.45, 7) is 2.60. The first-order valence-electron chi connectivity index (χ1n) is 27.7. The van der Waals surface area contributed by atoms with Crippen molar-refractivity contribution in [2.45, 2.75) is 261 Å². The topological polar surface area (TPSA) is 228 Å². The molecule has 2 rings (SSSR count). The van der Waals surface area contributed by atoms with Gasteiger partial charge in [0.25, 0.3) is 0 Å². The van der Waals surface area contributed by atoms with E-state index in [4.69, 9.17) is 18.9 Å². The van der Waals surface area contributed by atoms with Gasteiger partial charge in [-0.05, 0) is 70.6 Å². The van der Waals surface area contributed by atoms with Crippen LogP contribution in [0.2, 0.25) is 0 Å². The molecule has 71 heavy (non-hydrogen) atoms. The van der Waals surface area contributed by atoms with Crippen LogP contribution in [-0.2, 0) is 23.7 Å². The maximum absolute atomic E-state index is 13.2. The van der Waals surface area contributed by atoms with Gasteiger partial charge in [-0.3, -0.25) is 4.79 Å². The van der Waals surface area contributed by atoms with Crippen molar-refractivity contribution in [1.82, 2.24) is 5.32 Å². The van der Waals surface area contributed by atoms with E-state index in [-0.39, 0.29) is 18.9 Å². The number of hydrogen-bond acceptors (Lipinski definition) is 13. The minimum Gasteiger partial charge on any atom is -0.394 e. The summed E-state index contributed by atoms with van der Waals surface area (Å²) in [5, 5.41) is 86.7. The van der Waals surface area contributed by atoms with Crippen molar-refractivity contribution in [3.8, 4) is 0 Å². The molecule has 2 saturated heterocycles. The van der Waals surface area contributed by atoms with Crippen molar-refractivity contribution in [3.05, 3.63) is 72.9 Å². The molecule has 2 heterocycles. The lowest BCUT2D eigenvalue weighted by atomic mass is 9.97. The van der Waals surface area contributed by atoms with Crippen LogP contribution < -0.4 is 5.32 Å². The summed E-state index contributed by atoms with van der Waals surface area (Å²) in [7, 11) is 0. The van der Waals surface area contributed by atoms with Crippen molar-refractivity contribution in [2.75, 3.05) is 19.8 Å². The summed E-state index contributed by atoms with van der Waals surface area (Å²) in [4.78, 5) is 13.2. The lowest BCUT2D eigenvalue weighted by molar-refractivity contribution is -0.359. The molecule has 9 N–H and O–H groups in total. The standard InChI is InChI=1S/C57H99NO13/c1-3-5-7-9-11-13-15-16-17-18-19-20-21-22-23-24-25-26-27-28-29-30-31-33-35-37-39-41-49(62)58-45(46(61)40-38-36-34-32-14-12-10-8-6-4-2)44-68-56-54(67)52(65)55(48(43-60)70-56)71-57-53(66)51(64)50(63)47(42-59)69-57/h5,7,11,13-14,16-17,19-20,32,38,40,45-48,50-57,59-61,63-67H,3-4,6,8-10,12,15,18,21-31,33-37,39,41-44H2,1-2H3,(H,58,62)/b7-5-,13-11-,17-16-,20-19-,32-14+,40-38+. The van der Waals surface area contributed by atoms with Crippen molar-refractivity contribution < 1.29 is 64.6 Å². The molecule has 0 saturated carbocycles. The van der Waals surface area contributed by atoms with Gasteiger partial charge in [-0.1, -0.05) is 183 Å². The van der Waals surface area contributed by atoms with Crippen LogP contribution in [0.4, 0.5) is 0 Å². The average Bonchev–Trinajstić information content (AvgIpc) is 3.37. The molecule has 0 aromatic heterocycles. The zero-order valence-corrected chi connectivity index (χ0v) is 43.7. The van der Waals surface area contributed by atoms with Crippen LogP contribution in [0.25, 0.3) is 0 Å². The minimum absolute atomic E-state index is 0.255. The van der Waals surface area contributed by atoms with Crippen LogP contribution in [0.5, 0.6) is 0 Å². The molecule has 12 atom stereocenters. The third-order valence-electron chi connectivity index (χ3n) is 13.1. The number of carbonyl (C=O) groups excluding carboxylic acids is 1. The Bertz CT molecular complexity index is 1470. The van der Waals surface area contributed by atoms with Crippen LogP contribution in [0.15, 0.2) is 72.9 Å². The molecule has 410 valence electrons. The van der Waals surface area contributed by atoms with Gasteiger partial charge in [0.15, 0.2) is 12.6 Å². The van der Waals surface area contributed by atoms with Gasteiger partial charge in [0.2, 0.25) is 5.91 Å². The van der Waals surface area contributed by atoms with Gasteiger partial charge in [0.05, 0.1) is 32.0 Å². The maximum Gasteiger partial charge on any atom is 0.220 e. The molecule has 14 heteroatoms. The van der Waals surface area contributed by atoms with Gasteiger partial charge in [0, 0.05) is 6.42 Å². The third-order valence-corrected chi connectivity index (χ3v) is 13.1. The van der Waals surface area contributed by atoms with E-state index in [1.54, 1.807) is 6.08 Å². The number of unbranched alkanes of at least 4 members (excludes halogenated alkanes) is 19. The van der Waals surface area contributed by atoms with E-state index in [1.165, 1.54) is 89.9 Å². The Balaban J connectivity index is 1.70. The molecule has 0 aliphatic carbocycles. The molecule has 0 bridgehead atoms. The highest BCUT2D eigenvalue weighted by atomic mass is 16.7. The van der Waals surface area contributed by atoms with Gasteiger partial charge in [0.1, 0.15) is 48.8 Å². The Hall–Kier alpha value is -2.57. The highest BCUT2D eigenvalue weighted by Crippen LogP contribution is 2.30. The molecular weight excluding hydrogens is 907 g/mol. The normalized spacial score (nSPS) is 26.3. The fourth-order valence-electron chi connectivity index (χ4n) is 8.65. The molecule has 2 aliphatic rings. The second kappa shape index (κ2) is 42.8. The van der Waals surface area contributed by atoms with E-state index in [2.05, 4.69) is 79.9 Å². The number of nitrogens with one attached hydrogen (secondary N) is 1. The van der Waals surface area contributed by atoms with Crippen LogP contribution in [0, 0.1) is 0 Å². The van der Waals surface area contributed by atoms with Crippen molar-refractivity contribution in [1.29, 1.82) is 0 Å². The van der Waals surface area contributed by atoms with Gasteiger partial charge in [-0.25, -0.2) is 0 Å². The number of aliphatic hydroxyl groups excluding tert-OH is 8. The molecule has 0 spiro atoms. The smallest absolute Gasteiger partial charge is 0.220 e. The molecule has 2 aliphatic heterocycles. The Morgan fingerprint density at radius 3 is 1.55 bits per heavy atom. The van der Waals surface area contributed by atoms with Crippen molar-refractivity contribution >= 4 is 5.91 Å². The van der Waals surface area contributed by atoms with Gasteiger partial charge in [-0.2, -0.15) is 0 Å². The quantitative estimate of drug-likeness (QED) is 0.0207. The second-order valence-corrected chi connectivity index (χ2v) is 19.3. The van der Waals surface area contributed by atoms with Gasteiger partial charge < -0.3 is 65.1 Å². The van der Waals surface area contributed by atoms with Crippen LogP contribution >= 0.6 is 0 Å². The maximum atomic E-state index is 13.2. The molecule has 0 aromatic rings. The molecule has 0 aromatic carbocycles. The highest BCUT2D eigenvalue weighted by Gasteiger charge is 2.51. The molecule has 2 fully saturated rings. The van der Waals surface area contributed by atoms with E-state index >= 15 is 0 Å². The van der Waals surface area contributed by atoms with E-state index < -0.39 is 86.8 Å². The van der Waals surface area contributed by atoms with Crippen LogP contribution in [0.1, 0.15) is 187 Å². The summed E-state index contributed by atoms with van der Waals surface area (Å²) >= 11 is 0. The summed E-state index contributed by atoms with van der Waals surface area (Å²) in [5.74, 6) is -0.255. The zero-order chi connectivity index (χ0) is 51.7. The third kappa shape index (κ3) is 29.2. The number of ether oxygens (including phenoxy) is 4. The van der Waals surface area contributed by atoms with Crippen molar-refractivity contribution in [2.24, 2.45) is 0 Å². The molecular formula is C57H99NO13. The summed E-state index contributed by atoms with van der Waals surface area (Å²) < 4.78 is 22.7. The van der Waals surface area contributed by atoms with E-state index in [9.17, 15) is 45.6 Å². The SMILES string of the molecule is CC/C=C\C/C=C\C/C=C\C/C=C\CCCCCCCCCCCCCCCCC(=O)NC(COC1OC(CO)C(OC2OC(CO)C(O)C(O)C2O)C(O)C1O)C(O)/C=C/CC/C=C/CCCCCC. The number of carbonyl (C=O) groups is 1. The minimum atomic E-state index is -1.79. The van der Waals surface area contributed by atoms with Crippen LogP contribution in [-0.4, -0.2) is 140 Å². The largest absolute Gasteiger partial charge is 0.394 e. The first kappa shape index (κ1) is 64.5. The first-order valence-corrected chi connectivity index (χ1v) is 27.7. The summed E-state index contributed by atoms with van der Waals surface area (Å²) in [6.07, 6.45) is 38.2. The lowest BCUT2D eigenvalue weighted by Gasteiger charge is -2.46. The molecule has 12 unspecified atom stereocenters. The van der Waals surface area contributed by atoms with Gasteiger partial charge in [-0.15, -0.1) is 0 Å². The number of allylic oxidation sites excluding steroid dienone is 11. The molecule has 0 radical (unpaired) electrons. The Kier molecular flexibility index (Phi) is 38.9. The number of amides is 1. The Labute approximate surface area is 428 Å². The zero-order valence-electron chi connectivity index (χ0n) is 43.7. The van der Waals surface area contributed by atoms with E-state index in [0.717, 1.165) is 64.2 Å². The number of hydrogen-bond donors (Lipinski definition) is 9. The summed E-state index contributed by atoms with van der Waals surface area (Å²) in [6, 6.07) is -0.932. The Morgan fingerprint density at radius 2 is 0.986 bits per heavy atom. The average molecular weight is 1010 g/mol. The molecule has 1 amide bonds. The predicted octanol–water partition coefficient (Wildman–Crippen LogP) is 8.38. The fraction of sp³-hybridized carbons (Fsp3) is 0.772. The van der Waals surface area contributed by atoms with E-state index in [0.29, 0.717) is 12.8 Å². The van der Waals surface area contributed by atoms with Gasteiger partial charge >= 0.3 is 0 Å².